The van der Waals surface area contributed by atoms with Gasteiger partial charge in [-0.1, -0.05) is 23.9 Å². The molecular formula is C16H18FN3OS. The van der Waals surface area contributed by atoms with E-state index in [1.165, 1.54) is 17.8 Å². The van der Waals surface area contributed by atoms with E-state index in [9.17, 15) is 9.18 Å². The Labute approximate surface area is 133 Å². The van der Waals surface area contributed by atoms with Crippen LogP contribution in [0.1, 0.15) is 22.5 Å². The molecular weight excluding hydrogens is 301 g/mol. The third-order valence-electron chi connectivity index (χ3n) is 3.01. The molecule has 0 saturated heterocycles. The van der Waals surface area contributed by atoms with Gasteiger partial charge in [-0.3, -0.25) is 4.79 Å². The summed E-state index contributed by atoms with van der Waals surface area (Å²) in [6.07, 6.45) is 0. The fraction of sp³-hybridized carbons (Fsp3) is 0.312. The van der Waals surface area contributed by atoms with Crippen LogP contribution in [0.5, 0.6) is 0 Å². The van der Waals surface area contributed by atoms with Crippen molar-refractivity contribution in [2.45, 2.75) is 32.5 Å². The molecule has 0 bridgehead atoms. The van der Waals surface area contributed by atoms with Gasteiger partial charge in [0.25, 0.3) is 0 Å². The first kappa shape index (κ1) is 16.4. The molecule has 0 radical (unpaired) electrons. The fourth-order valence-corrected chi connectivity index (χ4v) is 2.74. The minimum Gasteiger partial charge on any atom is -0.351 e. The van der Waals surface area contributed by atoms with Crippen molar-refractivity contribution in [2.75, 3.05) is 5.75 Å². The van der Waals surface area contributed by atoms with Crippen LogP contribution in [-0.4, -0.2) is 21.6 Å². The van der Waals surface area contributed by atoms with Crippen LogP contribution in [0.15, 0.2) is 29.4 Å². The van der Waals surface area contributed by atoms with E-state index in [-0.39, 0.29) is 17.5 Å². The van der Waals surface area contributed by atoms with Crippen LogP contribution in [0, 0.1) is 26.6 Å². The first-order valence-electron chi connectivity index (χ1n) is 6.91. The summed E-state index contributed by atoms with van der Waals surface area (Å²) in [7, 11) is 0. The van der Waals surface area contributed by atoms with Crippen molar-refractivity contribution in [3.8, 4) is 0 Å². The number of carbonyl (C=O) groups is 1. The molecule has 1 heterocycles. The quantitative estimate of drug-likeness (QED) is 0.680. The Balaban J connectivity index is 1.84. The molecule has 116 valence electrons. The summed E-state index contributed by atoms with van der Waals surface area (Å²) in [6, 6.07) is 6.70. The molecule has 0 saturated carbocycles. The molecule has 2 aromatic rings. The number of hydrogen-bond acceptors (Lipinski definition) is 4. The highest BCUT2D eigenvalue weighted by molar-refractivity contribution is 7.99. The first-order valence-corrected chi connectivity index (χ1v) is 7.89. The summed E-state index contributed by atoms with van der Waals surface area (Å²) >= 11 is 1.30. The molecule has 2 rings (SSSR count). The zero-order valence-electron chi connectivity index (χ0n) is 12.8. The van der Waals surface area contributed by atoms with E-state index in [4.69, 9.17) is 0 Å². The molecule has 4 nitrogen and oxygen atoms in total. The average molecular weight is 319 g/mol. The molecule has 0 spiro atoms. The largest absolute Gasteiger partial charge is 0.351 e. The highest BCUT2D eigenvalue weighted by atomic mass is 32.2. The Bertz CT molecular complexity index is 671. The van der Waals surface area contributed by atoms with E-state index in [0.717, 1.165) is 17.0 Å². The van der Waals surface area contributed by atoms with Crippen molar-refractivity contribution in [1.29, 1.82) is 0 Å². The number of benzene rings is 1. The number of aryl methyl sites for hydroxylation is 3. The van der Waals surface area contributed by atoms with Crippen LogP contribution < -0.4 is 5.32 Å². The van der Waals surface area contributed by atoms with Crippen LogP contribution in [0.2, 0.25) is 0 Å². The van der Waals surface area contributed by atoms with E-state index in [2.05, 4.69) is 15.3 Å². The Hall–Kier alpha value is -1.95. The Morgan fingerprint density at radius 3 is 2.50 bits per heavy atom. The van der Waals surface area contributed by atoms with E-state index in [1.54, 1.807) is 19.1 Å². The maximum atomic E-state index is 13.2. The molecule has 6 heteroatoms. The monoisotopic (exact) mass is 319 g/mol. The zero-order valence-corrected chi connectivity index (χ0v) is 13.6. The third-order valence-corrected chi connectivity index (χ3v) is 3.85. The van der Waals surface area contributed by atoms with Gasteiger partial charge < -0.3 is 5.32 Å². The second kappa shape index (κ2) is 7.35. The lowest BCUT2D eigenvalue weighted by Crippen LogP contribution is -2.24. The van der Waals surface area contributed by atoms with Gasteiger partial charge in [0, 0.05) is 17.9 Å². The number of halogens is 1. The SMILES string of the molecule is Cc1cc(C)nc(SCC(=O)NCc2ccc(F)c(C)c2)n1. The minimum absolute atomic E-state index is 0.102. The number of thioether (sulfide) groups is 1. The number of aromatic nitrogens is 2. The standard InChI is InChI=1S/C16H18FN3OS/c1-10-6-13(4-5-14(10)17)8-18-15(21)9-22-16-19-11(2)7-12(3)20-16/h4-7H,8-9H2,1-3H3,(H,18,21). The number of amides is 1. The van der Waals surface area contributed by atoms with Crippen molar-refractivity contribution in [2.24, 2.45) is 0 Å². The van der Waals surface area contributed by atoms with Crippen LogP contribution >= 0.6 is 11.8 Å². The van der Waals surface area contributed by atoms with Gasteiger partial charge in [-0.15, -0.1) is 0 Å². The van der Waals surface area contributed by atoms with Gasteiger partial charge in [-0.25, -0.2) is 14.4 Å². The van der Waals surface area contributed by atoms with Crippen LogP contribution in [0.3, 0.4) is 0 Å². The normalized spacial score (nSPS) is 10.5. The van der Waals surface area contributed by atoms with Crippen molar-refractivity contribution in [1.82, 2.24) is 15.3 Å². The summed E-state index contributed by atoms with van der Waals surface area (Å²) in [6.45, 7) is 5.88. The Morgan fingerprint density at radius 1 is 1.18 bits per heavy atom. The summed E-state index contributed by atoms with van der Waals surface area (Å²) in [5.41, 5.74) is 3.22. The fourth-order valence-electron chi connectivity index (χ4n) is 1.96. The van der Waals surface area contributed by atoms with E-state index >= 15 is 0 Å². The lowest BCUT2D eigenvalue weighted by molar-refractivity contribution is -0.118. The second-order valence-electron chi connectivity index (χ2n) is 5.08. The number of hydrogen-bond donors (Lipinski definition) is 1. The molecule has 1 aromatic carbocycles. The topological polar surface area (TPSA) is 54.9 Å². The summed E-state index contributed by atoms with van der Waals surface area (Å²) in [5, 5.41) is 3.41. The van der Waals surface area contributed by atoms with E-state index < -0.39 is 0 Å². The number of nitrogens with zero attached hydrogens (tertiary/aromatic N) is 2. The molecule has 0 aliphatic rings. The minimum atomic E-state index is -0.238. The summed E-state index contributed by atoms with van der Waals surface area (Å²) in [4.78, 5) is 20.4. The van der Waals surface area contributed by atoms with Crippen molar-refractivity contribution in [3.63, 3.8) is 0 Å². The third kappa shape index (κ3) is 4.80. The molecule has 0 aliphatic heterocycles. The maximum Gasteiger partial charge on any atom is 0.230 e. The van der Waals surface area contributed by atoms with E-state index in [1.807, 2.05) is 19.9 Å². The van der Waals surface area contributed by atoms with Gasteiger partial charge >= 0.3 is 0 Å². The predicted octanol–water partition coefficient (Wildman–Crippen LogP) is 2.95. The smallest absolute Gasteiger partial charge is 0.230 e. The highest BCUT2D eigenvalue weighted by Gasteiger charge is 2.06. The molecule has 0 unspecified atom stereocenters. The van der Waals surface area contributed by atoms with Gasteiger partial charge in [0.05, 0.1) is 5.75 Å². The van der Waals surface area contributed by atoms with Gasteiger partial charge in [0.2, 0.25) is 5.91 Å². The summed E-state index contributed by atoms with van der Waals surface area (Å²) < 4.78 is 13.2. The second-order valence-corrected chi connectivity index (χ2v) is 6.02. The van der Waals surface area contributed by atoms with Gasteiger partial charge in [0.15, 0.2) is 5.16 Å². The number of rotatable bonds is 5. The molecule has 1 amide bonds. The van der Waals surface area contributed by atoms with Crippen molar-refractivity contribution < 1.29 is 9.18 Å². The molecule has 0 fully saturated rings. The molecule has 1 aromatic heterocycles. The first-order chi connectivity index (χ1) is 10.4. The Kier molecular flexibility index (Phi) is 5.49. The van der Waals surface area contributed by atoms with Crippen molar-refractivity contribution in [3.05, 3.63) is 52.6 Å². The lowest BCUT2D eigenvalue weighted by Gasteiger charge is -2.07. The number of carbonyl (C=O) groups excluding carboxylic acids is 1. The van der Waals surface area contributed by atoms with Gasteiger partial charge in [0.1, 0.15) is 5.82 Å². The van der Waals surface area contributed by atoms with Gasteiger partial charge in [-0.2, -0.15) is 0 Å². The molecule has 0 atom stereocenters. The van der Waals surface area contributed by atoms with E-state index in [0.29, 0.717) is 17.3 Å². The van der Waals surface area contributed by atoms with Crippen molar-refractivity contribution >= 4 is 17.7 Å². The summed E-state index contributed by atoms with van der Waals surface area (Å²) in [5.74, 6) is -0.0874. The van der Waals surface area contributed by atoms with Crippen LogP contribution in [0.25, 0.3) is 0 Å². The zero-order chi connectivity index (χ0) is 16.1. The number of nitrogens with one attached hydrogen (secondary N) is 1. The van der Waals surface area contributed by atoms with Crippen LogP contribution in [0.4, 0.5) is 4.39 Å². The molecule has 22 heavy (non-hydrogen) atoms. The lowest BCUT2D eigenvalue weighted by atomic mass is 10.1. The highest BCUT2D eigenvalue weighted by Crippen LogP contribution is 2.14. The Morgan fingerprint density at radius 2 is 1.86 bits per heavy atom. The predicted molar refractivity (Wildman–Crippen MR) is 85.2 cm³/mol. The maximum absolute atomic E-state index is 13.2. The molecule has 1 N–H and O–H groups in total. The average Bonchev–Trinajstić information content (AvgIpc) is 2.45. The molecule has 0 aliphatic carbocycles. The van der Waals surface area contributed by atoms with Gasteiger partial charge in [-0.05, 0) is 44.0 Å². The van der Waals surface area contributed by atoms with Crippen LogP contribution in [-0.2, 0) is 11.3 Å².